The summed E-state index contributed by atoms with van der Waals surface area (Å²) in [5, 5.41) is 0. The Morgan fingerprint density at radius 1 is 0.625 bits per heavy atom. The Morgan fingerprint density at radius 3 is 1.33 bits per heavy atom. The molecule has 0 saturated heterocycles. The topological polar surface area (TPSA) is 4.36 Å². The molecule has 0 aliphatic carbocycles. The van der Waals surface area contributed by atoms with Crippen molar-refractivity contribution >= 4 is 5.69 Å². The van der Waals surface area contributed by atoms with E-state index >= 15 is 0 Å². The van der Waals surface area contributed by atoms with Gasteiger partial charge in [-0.2, -0.15) is 0 Å². The maximum absolute atomic E-state index is 7.76. The summed E-state index contributed by atoms with van der Waals surface area (Å²) < 4.78 is 0. The number of rotatable bonds is 2. The van der Waals surface area contributed by atoms with Gasteiger partial charge in [-0.3, -0.25) is 0 Å². The third-order valence-electron chi connectivity index (χ3n) is 4.21. The van der Waals surface area contributed by atoms with Crippen LogP contribution in [0.4, 0.5) is 5.69 Å². The van der Waals surface area contributed by atoms with E-state index in [2.05, 4.69) is 75.0 Å². The second-order valence-electron chi connectivity index (χ2n) is 6.57. The van der Waals surface area contributed by atoms with Crippen molar-refractivity contribution in [2.75, 3.05) is 0 Å². The highest BCUT2D eigenvalue weighted by Crippen LogP contribution is 2.40. The zero-order valence-corrected chi connectivity index (χ0v) is 14.6. The second kappa shape index (κ2) is 6.34. The molecule has 0 saturated carbocycles. The molecule has 3 aromatic rings. The molecule has 0 N–H and O–H groups in total. The zero-order chi connectivity index (χ0) is 17.3. The van der Waals surface area contributed by atoms with Crippen molar-refractivity contribution < 1.29 is 0 Å². The Hall–Kier alpha value is -2.85. The van der Waals surface area contributed by atoms with Gasteiger partial charge in [0.2, 0.25) is 5.69 Å². The predicted octanol–water partition coefficient (Wildman–Crippen LogP) is 6.81. The molecule has 1 heteroatoms. The summed E-state index contributed by atoms with van der Waals surface area (Å²) in [6, 6.07) is 19.1. The third-order valence-corrected chi connectivity index (χ3v) is 4.21. The second-order valence-corrected chi connectivity index (χ2v) is 6.57. The SMILES string of the molecule is [C-]#[N+]c1c(-c2cc(C)cc(C)c2)cccc1-c1cc(C)cc(C)c1. The molecule has 0 bridgehead atoms. The molecule has 0 heterocycles. The van der Waals surface area contributed by atoms with Gasteiger partial charge in [0.15, 0.2) is 0 Å². The first-order chi connectivity index (χ1) is 11.5. The van der Waals surface area contributed by atoms with Crippen LogP contribution in [0.3, 0.4) is 0 Å². The lowest BCUT2D eigenvalue weighted by Gasteiger charge is -2.13. The van der Waals surface area contributed by atoms with E-state index in [4.69, 9.17) is 6.57 Å². The Morgan fingerprint density at radius 2 is 1.00 bits per heavy atom. The van der Waals surface area contributed by atoms with Crippen molar-refractivity contribution in [2.45, 2.75) is 27.7 Å². The van der Waals surface area contributed by atoms with Crippen LogP contribution in [0.2, 0.25) is 0 Å². The van der Waals surface area contributed by atoms with Gasteiger partial charge in [0.1, 0.15) is 0 Å². The monoisotopic (exact) mass is 311 g/mol. The van der Waals surface area contributed by atoms with Gasteiger partial charge in [0, 0.05) is 0 Å². The fraction of sp³-hybridized carbons (Fsp3) is 0.174. The molecular formula is C23H21N. The van der Waals surface area contributed by atoms with Crippen molar-refractivity contribution in [1.29, 1.82) is 0 Å². The van der Waals surface area contributed by atoms with Crippen molar-refractivity contribution in [3.63, 3.8) is 0 Å². The minimum atomic E-state index is 0.729. The summed E-state index contributed by atoms with van der Waals surface area (Å²) in [6.07, 6.45) is 0. The van der Waals surface area contributed by atoms with Gasteiger partial charge in [-0.15, -0.1) is 0 Å². The van der Waals surface area contributed by atoms with E-state index in [-0.39, 0.29) is 0 Å². The van der Waals surface area contributed by atoms with Crippen LogP contribution in [0.5, 0.6) is 0 Å². The van der Waals surface area contributed by atoms with E-state index < -0.39 is 0 Å². The Kier molecular flexibility index (Phi) is 4.23. The highest BCUT2D eigenvalue weighted by atomic mass is 14.7. The number of nitrogens with zero attached hydrogens (tertiary/aromatic N) is 1. The maximum Gasteiger partial charge on any atom is 0.202 e. The van der Waals surface area contributed by atoms with E-state index in [1.807, 2.05) is 12.1 Å². The first kappa shape index (κ1) is 16.0. The van der Waals surface area contributed by atoms with Crippen LogP contribution in [-0.4, -0.2) is 0 Å². The largest absolute Gasteiger partial charge is 0.237 e. The average molecular weight is 311 g/mol. The molecule has 3 aromatic carbocycles. The maximum atomic E-state index is 7.76. The van der Waals surface area contributed by atoms with Gasteiger partial charge in [-0.25, -0.2) is 4.85 Å². The van der Waals surface area contributed by atoms with E-state index in [9.17, 15) is 0 Å². The Labute approximate surface area is 144 Å². The van der Waals surface area contributed by atoms with Gasteiger partial charge in [-0.1, -0.05) is 76.9 Å². The van der Waals surface area contributed by atoms with Crippen LogP contribution in [0.25, 0.3) is 27.1 Å². The molecule has 0 aliphatic heterocycles. The summed E-state index contributed by atoms with van der Waals surface area (Å²) in [4.78, 5) is 3.89. The molecule has 118 valence electrons. The first-order valence-electron chi connectivity index (χ1n) is 8.16. The normalized spacial score (nSPS) is 10.5. The lowest BCUT2D eigenvalue weighted by molar-refractivity contribution is 1.38. The van der Waals surface area contributed by atoms with Crippen LogP contribution in [0, 0.1) is 34.3 Å². The number of para-hydroxylation sites is 1. The summed E-state index contributed by atoms with van der Waals surface area (Å²) in [6.45, 7) is 16.2. The predicted molar refractivity (Wildman–Crippen MR) is 103 cm³/mol. The number of hydrogen-bond acceptors (Lipinski definition) is 0. The highest BCUT2D eigenvalue weighted by Gasteiger charge is 2.13. The summed E-state index contributed by atoms with van der Waals surface area (Å²) >= 11 is 0. The summed E-state index contributed by atoms with van der Waals surface area (Å²) in [7, 11) is 0. The van der Waals surface area contributed by atoms with Crippen LogP contribution in [0.1, 0.15) is 22.3 Å². The third kappa shape index (κ3) is 3.09. The molecule has 0 unspecified atom stereocenters. The van der Waals surface area contributed by atoms with Crippen molar-refractivity contribution in [3.8, 4) is 22.3 Å². The van der Waals surface area contributed by atoms with Gasteiger partial charge in [-0.05, 0) is 49.9 Å². The van der Waals surface area contributed by atoms with Crippen molar-refractivity contribution in [1.82, 2.24) is 0 Å². The van der Waals surface area contributed by atoms with Crippen LogP contribution >= 0.6 is 0 Å². The standard InChI is InChI=1S/C23H21N/c1-15-9-16(2)12-19(11-15)21-7-6-8-22(23(21)24-5)20-13-17(3)10-18(4)14-20/h6-14H,1-4H3. The van der Waals surface area contributed by atoms with E-state index in [1.165, 1.54) is 22.3 Å². The fourth-order valence-electron chi connectivity index (χ4n) is 3.39. The van der Waals surface area contributed by atoms with Crippen molar-refractivity contribution in [3.05, 3.63) is 88.3 Å². The molecule has 0 fully saturated rings. The molecule has 3 rings (SSSR count). The fourth-order valence-corrected chi connectivity index (χ4v) is 3.39. The molecule has 1 nitrogen and oxygen atoms in total. The molecule has 0 amide bonds. The Balaban J connectivity index is 2.26. The quantitative estimate of drug-likeness (QED) is 0.458. The van der Waals surface area contributed by atoms with Crippen LogP contribution in [-0.2, 0) is 0 Å². The van der Waals surface area contributed by atoms with E-state index in [0.29, 0.717) is 0 Å². The smallest absolute Gasteiger partial charge is 0.202 e. The summed E-state index contributed by atoms with van der Waals surface area (Å²) in [5.74, 6) is 0. The lowest BCUT2D eigenvalue weighted by Crippen LogP contribution is -1.87. The minimum Gasteiger partial charge on any atom is -0.237 e. The van der Waals surface area contributed by atoms with Gasteiger partial charge in [0.25, 0.3) is 0 Å². The van der Waals surface area contributed by atoms with E-state index in [0.717, 1.165) is 27.9 Å². The summed E-state index contributed by atoms with van der Waals surface area (Å²) in [5.41, 5.74) is 9.86. The molecular weight excluding hydrogens is 290 g/mol. The zero-order valence-electron chi connectivity index (χ0n) is 14.6. The molecule has 0 radical (unpaired) electrons. The molecule has 24 heavy (non-hydrogen) atoms. The number of benzene rings is 3. The Bertz CT molecular complexity index is 848. The highest BCUT2D eigenvalue weighted by molar-refractivity contribution is 5.91. The van der Waals surface area contributed by atoms with Crippen LogP contribution < -0.4 is 0 Å². The van der Waals surface area contributed by atoms with Gasteiger partial charge in [0.05, 0.1) is 6.57 Å². The van der Waals surface area contributed by atoms with Crippen LogP contribution in [0.15, 0.2) is 54.6 Å². The molecule has 0 atom stereocenters. The molecule has 0 spiro atoms. The molecule has 0 aliphatic rings. The van der Waals surface area contributed by atoms with Gasteiger partial charge >= 0.3 is 0 Å². The van der Waals surface area contributed by atoms with E-state index in [1.54, 1.807) is 0 Å². The molecule has 0 aromatic heterocycles. The lowest BCUT2D eigenvalue weighted by atomic mass is 9.93. The van der Waals surface area contributed by atoms with Crippen molar-refractivity contribution in [2.24, 2.45) is 0 Å². The number of aryl methyl sites for hydroxylation is 4. The first-order valence-corrected chi connectivity index (χ1v) is 8.16. The average Bonchev–Trinajstić information content (AvgIpc) is 2.52. The number of hydrogen-bond donors (Lipinski definition) is 0. The van der Waals surface area contributed by atoms with Gasteiger partial charge < -0.3 is 0 Å². The minimum absolute atomic E-state index is 0.729.